The lowest BCUT2D eigenvalue weighted by Crippen LogP contribution is -2.34. The van der Waals surface area contributed by atoms with Gasteiger partial charge >= 0.3 is 5.97 Å². The molecule has 8 heteroatoms. The van der Waals surface area contributed by atoms with Crippen LogP contribution in [-0.2, 0) is 10.0 Å². The first-order chi connectivity index (χ1) is 15.1. The van der Waals surface area contributed by atoms with Crippen LogP contribution in [0, 0.1) is 12.8 Å². The number of ether oxygens (including phenoxy) is 1. The van der Waals surface area contributed by atoms with Crippen molar-refractivity contribution < 1.29 is 28.2 Å². The van der Waals surface area contributed by atoms with Crippen molar-refractivity contribution in [1.29, 1.82) is 0 Å². The lowest BCUT2D eigenvalue weighted by atomic mass is 10.1. The Labute approximate surface area is 187 Å². The number of rotatable bonds is 8. The average Bonchev–Trinajstić information content (AvgIpc) is 2.73. The Kier molecular flexibility index (Phi) is 6.74. The lowest BCUT2D eigenvalue weighted by Gasteiger charge is -2.26. The predicted molar refractivity (Wildman–Crippen MR) is 122 cm³/mol. The highest BCUT2D eigenvalue weighted by molar-refractivity contribution is 7.92. The van der Waals surface area contributed by atoms with E-state index in [1.54, 1.807) is 12.1 Å². The van der Waals surface area contributed by atoms with Crippen molar-refractivity contribution in [2.45, 2.75) is 25.7 Å². The first-order valence-electron chi connectivity index (χ1n) is 10.0. The van der Waals surface area contributed by atoms with E-state index >= 15 is 0 Å². The van der Waals surface area contributed by atoms with Gasteiger partial charge in [0, 0.05) is 12.6 Å². The molecule has 2 N–H and O–H groups in total. The zero-order valence-electron chi connectivity index (χ0n) is 18.0. The minimum absolute atomic E-state index is 0.0183. The number of carbonyl (C=O) groups is 1. The fourth-order valence-corrected chi connectivity index (χ4v) is 4.70. The molecule has 3 aromatic rings. The van der Waals surface area contributed by atoms with Gasteiger partial charge in [0.05, 0.1) is 10.6 Å². The molecule has 3 rings (SSSR count). The standard InChI is InChI=1S/C24H25NO6S/c1-16(2)15-25(18-6-13-22(24(27)28)23(26)14-18)32(29,30)21-11-9-20(10-12-21)31-19-7-4-17(3)5-8-19/h4-14,16,26H,15H2,1-3H3,(H,27,28). The number of benzene rings is 3. The third kappa shape index (κ3) is 5.20. The summed E-state index contributed by atoms with van der Waals surface area (Å²) in [5.74, 6) is -0.680. The van der Waals surface area contributed by atoms with Gasteiger partial charge in [-0.3, -0.25) is 4.31 Å². The van der Waals surface area contributed by atoms with Crippen molar-refractivity contribution in [2.75, 3.05) is 10.8 Å². The van der Waals surface area contributed by atoms with Gasteiger partial charge in [-0.1, -0.05) is 31.5 Å². The fraction of sp³-hybridized carbons (Fsp3) is 0.208. The molecule has 0 spiro atoms. The number of carboxylic acid groups (broad SMARTS) is 1. The largest absolute Gasteiger partial charge is 0.507 e. The van der Waals surface area contributed by atoms with E-state index in [9.17, 15) is 18.3 Å². The second kappa shape index (κ2) is 9.32. The van der Waals surface area contributed by atoms with Crippen LogP contribution in [-0.4, -0.2) is 31.1 Å². The van der Waals surface area contributed by atoms with Crippen LogP contribution in [0.15, 0.2) is 71.6 Å². The molecule has 0 unspecified atom stereocenters. The van der Waals surface area contributed by atoms with Gasteiger partial charge in [-0.25, -0.2) is 13.2 Å². The van der Waals surface area contributed by atoms with E-state index in [0.29, 0.717) is 11.5 Å². The minimum atomic E-state index is -3.98. The van der Waals surface area contributed by atoms with Crippen LogP contribution in [0.1, 0.15) is 29.8 Å². The van der Waals surface area contributed by atoms with Crippen molar-refractivity contribution in [3.63, 3.8) is 0 Å². The van der Waals surface area contributed by atoms with E-state index in [-0.39, 0.29) is 28.6 Å². The number of hydrogen-bond acceptors (Lipinski definition) is 5. The van der Waals surface area contributed by atoms with E-state index in [1.165, 1.54) is 28.6 Å². The van der Waals surface area contributed by atoms with E-state index in [0.717, 1.165) is 11.6 Å². The molecule has 32 heavy (non-hydrogen) atoms. The summed E-state index contributed by atoms with van der Waals surface area (Å²) in [6.45, 7) is 5.86. The first-order valence-corrected chi connectivity index (χ1v) is 11.5. The van der Waals surface area contributed by atoms with Crippen LogP contribution in [0.2, 0.25) is 0 Å². The van der Waals surface area contributed by atoms with Gasteiger partial charge < -0.3 is 14.9 Å². The molecule has 0 aliphatic rings. The molecule has 168 valence electrons. The first kappa shape index (κ1) is 23.1. The minimum Gasteiger partial charge on any atom is -0.507 e. The van der Waals surface area contributed by atoms with Crippen LogP contribution in [0.3, 0.4) is 0 Å². The second-order valence-electron chi connectivity index (χ2n) is 7.82. The monoisotopic (exact) mass is 455 g/mol. The number of aromatic hydroxyl groups is 1. The molecule has 3 aromatic carbocycles. The highest BCUT2D eigenvalue weighted by atomic mass is 32.2. The molecular weight excluding hydrogens is 430 g/mol. The van der Waals surface area contributed by atoms with Gasteiger partial charge in [-0.15, -0.1) is 0 Å². The summed E-state index contributed by atoms with van der Waals surface area (Å²) in [4.78, 5) is 11.2. The number of anilines is 1. The zero-order valence-corrected chi connectivity index (χ0v) is 18.8. The molecule has 0 aromatic heterocycles. The van der Waals surface area contributed by atoms with Gasteiger partial charge in [0.2, 0.25) is 0 Å². The Hall–Kier alpha value is -3.52. The topological polar surface area (TPSA) is 104 Å². The van der Waals surface area contributed by atoms with Crippen LogP contribution in [0.4, 0.5) is 5.69 Å². The van der Waals surface area contributed by atoms with Crippen molar-refractivity contribution in [3.05, 3.63) is 77.9 Å². The molecule has 0 heterocycles. The number of nitrogens with zero attached hydrogens (tertiary/aromatic N) is 1. The Morgan fingerprint density at radius 1 is 0.969 bits per heavy atom. The number of hydrogen-bond donors (Lipinski definition) is 2. The van der Waals surface area contributed by atoms with Gasteiger partial charge in [-0.2, -0.15) is 0 Å². The summed E-state index contributed by atoms with van der Waals surface area (Å²) in [6.07, 6.45) is 0. The molecule has 0 aliphatic heterocycles. The third-order valence-corrected chi connectivity index (χ3v) is 6.51. The number of aryl methyl sites for hydroxylation is 1. The predicted octanol–water partition coefficient (Wildman–Crippen LogP) is 5.04. The molecular formula is C24H25NO6S. The zero-order chi connectivity index (χ0) is 23.5. The van der Waals surface area contributed by atoms with Crippen LogP contribution in [0.25, 0.3) is 0 Å². The lowest BCUT2D eigenvalue weighted by molar-refractivity contribution is 0.0693. The Morgan fingerprint density at radius 2 is 1.53 bits per heavy atom. The summed E-state index contributed by atoms with van der Waals surface area (Å²) in [6, 6.07) is 17.3. The maximum absolute atomic E-state index is 13.4. The Morgan fingerprint density at radius 3 is 2.03 bits per heavy atom. The molecule has 0 aliphatic carbocycles. The maximum Gasteiger partial charge on any atom is 0.339 e. The SMILES string of the molecule is Cc1ccc(Oc2ccc(S(=O)(=O)N(CC(C)C)c3ccc(C(=O)O)c(O)c3)cc2)cc1. The number of aromatic carboxylic acids is 1. The Bertz CT molecular complexity index is 1200. The van der Waals surface area contributed by atoms with E-state index in [4.69, 9.17) is 9.84 Å². The summed E-state index contributed by atoms with van der Waals surface area (Å²) >= 11 is 0. The molecule has 0 saturated heterocycles. The van der Waals surface area contributed by atoms with Crippen molar-refractivity contribution in [3.8, 4) is 17.2 Å². The summed E-state index contributed by atoms with van der Waals surface area (Å²) in [5, 5.41) is 19.2. The van der Waals surface area contributed by atoms with Crippen LogP contribution in [0.5, 0.6) is 17.2 Å². The van der Waals surface area contributed by atoms with Gasteiger partial charge in [0.15, 0.2) is 0 Å². The molecule has 0 amide bonds. The fourth-order valence-electron chi connectivity index (χ4n) is 3.08. The number of carboxylic acids is 1. The molecule has 0 bridgehead atoms. The molecule has 0 saturated carbocycles. The van der Waals surface area contributed by atoms with Crippen molar-refractivity contribution in [2.24, 2.45) is 5.92 Å². The highest BCUT2D eigenvalue weighted by Crippen LogP contribution is 2.31. The van der Waals surface area contributed by atoms with Crippen LogP contribution >= 0.6 is 0 Å². The quantitative estimate of drug-likeness (QED) is 0.493. The molecule has 7 nitrogen and oxygen atoms in total. The van der Waals surface area contributed by atoms with Crippen molar-refractivity contribution >= 4 is 21.7 Å². The van der Waals surface area contributed by atoms with E-state index in [1.807, 2.05) is 45.0 Å². The molecule has 0 atom stereocenters. The molecule has 0 radical (unpaired) electrons. The third-order valence-electron chi connectivity index (χ3n) is 4.70. The number of sulfonamides is 1. The summed E-state index contributed by atoms with van der Waals surface area (Å²) in [5.41, 5.74) is 0.987. The smallest absolute Gasteiger partial charge is 0.339 e. The van der Waals surface area contributed by atoms with Gasteiger partial charge in [-0.05, 0) is 61.4 Å². The maximum atomic E-state index is 13.4. The van der Waals surface area contributed by atoms with Gasteiger partial charge in [0.1, 0.15) is 22.8 Å². The summed E-state index contributed by atoms with van der Waals surface area (Å²) in [7, 11) is -3.98. The van der Waals surface area contributed by atoms with Crippen LogP contribution < -0.4 is 9.04 Å². The molecule has 0 fully saturated rings. The second-order valence-corrected chi connectivity index (χ2v) is 9.69. The number of phenols is 1. The van der Waals surface area contributed by atoms with E-state index < -0.39 is 21.7 Å². The average molecular weight is 456 g/mol. The van der Waals surface area contributed by atoms with Crippen molar-refractivity contribution in [1.82, 2.24) is 0 Å². The normalized spacial score (nSPS) is 11.4. The summed E-state index contributed by atoms with van der Waals surface area (Å²) < 4.78 is 33.7. The van der Waals surface area contributed by atoms with E-state index in [2.05, 4.69) is 0 Å². The Balaban J connectivity index is 1.92. The highest BCUT2D eigenvalue weighted by Gasteiger charge is 2.27. The van der Waals surface area contributed by atoms with Gasteiger partial charge in [0.25, 0.3) is 10.0 Å².